The fraction of sp³-hybridized carbons (Fsp3) is 0.429. The number of hydrogen-bond donors (Lipinski definition) is 1. The molecule has 25 heavy (non-hydrogen) atoms. The molecule has 0 aliphatic heterocycles. The fourth-order valence-electron chi connectivity index (χ4n) is 3.32. The summed E-state index contributed by atoms with van der Waals surface area (Å²) in [7, 11) is 0. The van der Waals surface area contributed by atoms with Crippen LogP contribution in [0.1, 0.15) is 50.5 Å². The zero-order valence-electron chi connectivity index (χ0n) is 14.5. The van der Waals surface area contributed by atoms with Crippen molar-refractivity contribution < 1.29 is 9.90 Å². The number of carbonyl (C=O) groups is 1. The van der Waals surface area contributed by atoms with Crippen molar-refractivity contribution in [3.05, 3.63) is 48.2 Å². The number of aryl methyl sites for hydroxylation is 1. The minimum absolute atomic E-state index is 0.259. The van der Waals surface area contributed by atoms with Crippen LogP contribution in [0.5, 0.6) is 0 Å². The Morgan fingerprint density at radius 2 is 1.88 bits per heavy atom. The quantitative estimate of drug-likeness (QED) is 0.628. The number of carboxylic acid groups (broad SMARTS) is 1. The van der Waals surface area contributed by atoms with Crippen LogP contribution in [-0.4, -0.2) is 21.3 Å². The molecule has 0 unspecified atom stereocenters. The topological polar surface area (TPSA) is 50.2 Å². The average Bonchev–Trinajstić information content (AvgIpc) is 3.13. The monoisotopic (exact) mass is 355 g/mol. The minimum atomic E-state index is -0.709. The first-order valence-corrected chi connectivity index (χ1v) is 10.0. The normalized spacial score (nSPS) is 14.7. The maximum absolute atomic E-state index is 10.6. The summed E-state index contributed by atoms with van der Waals surface area (Å²) >= 11 is 1.93. The standard InChI is InChI=1S/C21H25NO2S/c23-20(24)10-4-1-6-16-11-13-17(14-12-16)19-9-5-15-22-21(19)25-18-7-2-3-8-18/h5,9,11-15,18H,1-4,6-8,10H2,(H,23,24). The summed E-state index contributed by atoms with van der Waals surface area (Å²) in [6.45, 7) is 0. The number of aliphatic carboxylic acids is 1. The number of benzene rings is 1. The maximum atomic E-state index is 10.6. The van der Waals surface area contributed by atoms with Crippen LogP contribution < -0.4 is 0 Å². The van der Waals surface area contributed by atoms with Gasteiger partial charge < -0.3 is 5.11 Å². The Bertz CT molecular complexity index is 693. The molecule has 0 amide bonds. The summed E-state index contributed by atoms with van der Waals surface area (Å²) in [5.74, 6) is -0.709. The third-order valence-electron chi connectivity index (χ3n) is 4.72. The van der Waals surface area contributed by atoms with E-state index in [0.717, 1.165) is 24.3 Å². The van der Waals surface area contributed by atoms with Crippen LogP contribution in [0, 0.1) is 0 Å². The Kier molecular flexibility index (Phi) is 6.51. The molecule has 0 radical (unpaired) electrons. The van der Waals surface area contributed by atoms with E-state index in [1.165, 1.54) is 42.4 Å². The second kappa shape index (κ2) is 9.04. The highest BCUT2D eigenvalue weighted by molar-refractivity contribution is 8.00. The molecule has 0 atom stereocenters. The number of unbranched alkanes of at least 4 members (excludes halogenated alkanes) is 1. The van der Waals surface area contributed by atoms with Gasteiger partial charge in [-0.25, -0.2) is 4.98 Å². The molecule has 1 fully saturated rings. The Hall–Kier alpha value is -1.81. The molecule has 3 rings (SSSR count). The molecular weight excluding hydrogens is 330 g/mol. The van der Waals surface area contributed by atoms with E-state index >= 15 is 0 Å². The molecule has 1 aromatic heterocycles. The van der Waals surface area contributed by atoms with Gasteiger partial charge in [-0.15, -0.1) is 11.8 Å². The summed E-state index contributed by atoms with van der Waals surface area (Å²) in [6.07, 6.45) is 10.0. The highest BCUT2D eigenvalue weighted by Gasteiger charge is 2.18. The van der Waals surface area contributed by atoms with Crippen molar-refractivity contribution in [1.82, 2.24) is 4.98 Å². The molecule has 1 N–H and O–H groups in total. The summed E-state index contributed by atoms with van der Waals surface area (Å²) < 4.78 is 0. The lowest BCUT2D eigenvalue weighted by atomic mass is 10.0. The lowest BCUT2D eigenvalue weighted by Crippen LogP contribution is -1.97. The van der Waals surface area contributed by atoms with Crippen LogP contribution >= 0.6 is 11.8 Å². The largest absolute Gasteiger partial charge is 0.481 e. The highest BCUT2D eigenvalue weighted by Crippen LogP contribution is 2.38. The van der Waals surface area contributed by atoms with Gasteiger partial charge in [0.05, 0.1) is 0 Å². The number of rotatable bonds is 8. The van der Waals surface area contributed by atoms with E-state index in [1.807, 2.05) is 24.0 Å². The summed E-state index contributed by atoms with van der Waals surface area (Å²) in [6, 6.07) is 12.8. The predicted octanol–water partition coefficient (Wildman–Crippen LogP) is 5.58. The maximum Gasteiger partial charge on any atom is 0.303 e. The first-order chi connectivity index (χ1) is 12.2. The Morgan fingerprint density at radius 3 is 2.60 bits per heavy atom. The summed E-state index contributed by atoms with van der Waals surface area (Å²) in [5.41, 5.74) is 3.70. The van der Waals surface area contributed by atoms with Crippen LogP contribution in [0.25, 0.3) is 11.1 Å². The van der Waals surface area contributed by atoms with E-state index in [0.29, 0.717) is 5.25 Å². The Balaban J connectivity index is 1.64. The van der Waals surface area contributed by atoms with Gasteiger partial charge in [-0.3, -0.25) is 4.79 Å². The van der Waals surface area contributed by atoms with Gasteiger partial charge in [-0.1, -0.05) is 43.2 Å². The molecule has 3 nitrogen and oxygen atoms in total. The molecule has 132 valence electrons. The molecule has 0 bridgehead atoms. The predicted molar refractivity (Wildman–Crippen MR) is 103 cm³/mol. The van der Waals surface area contributed by atoms with Crippen LogP contribution in [-0.2, 0) is 11.2 Å². The molecule has 0 spiro atoms. The molecule has 1 aliphatic rings. The van der Waals surface area contributed by atoms with Gasteiger partial charge in [0.25, 0.3) is 0 Å². The van der Waals surface area contributed by atoms with Gasteiger partial charge in [-0.05, 0) is 49.3 Å². The van der Waals surface area contributed by atoms with E-state index in [9.17, 15) is 4.79 Å². The van der Waals surface area contributed by atoms with Gasteiger partial charge in [-0.2, -0.15) is 0 Å². The van der Waals surface area contributed by atoms with E-state index < -0.39 is 5.97 Å². The van der Waals surface area contributed by atoms with Crippen LogP contribution in [0.4, 0.5) is 0 Å². The van der Waals surface area contributed by atoms with Gasteiger partial charge in [0, 0.05) is 23.4 Å². The van der Waals surface area contributed by atoms with Gasteiger partial charge in [0.2, 0.25) is 0 Å². The van der Waals surface area contributed by atoms with Gasteiger partial charge in [0.1, 0.15) is 5.03 Å². The van der Waals surface area contributed by atoms with E-state index in [2.05, 4.69) is 35.3 Å². The third-order valence-corrected chi connectivity index (χ3v) is 6.08. The van der Waals surface area contributed by atoms with Crippen molar-refractivity contribution in [2.45, 2.75) is 61.6 Å². The number of nitrogens with zero attached hydrogens (tertiary/aromatic N) is 1. The molecule has 4 heteroatoms. The first-order valence-electron chi connectivity index (χ1n) is 9.15. The van der Waals surface area contributed by atoms with Crippen molar-refractivity contribution in [2.75, 3.05) is 0 Å². The van der Waals surface area contributed by atoms with Crippen molar-refractivity contribution in [3.63, 3.8) is 0 Å². The molecule has 1 heterocycles. The minimum Gasteiger partial charge on any atom is -0.481 e. The lowest BCUT2D eigenvalue weighted by molar-refractivity contribution is -0.137. The van der Waals surface area contributed by atoms with Gasteiger partial charge in [0.15, 0.2) is 0 Å². The van der Waals surface area contributed by atoms with Crippen molar-refractivity contribution in [2.24, 2.45) is 0 Å². The summed E-state index contributed by atoms with van der Waals surface area (Å²) in [5, 5.41) is 10.5. The second-order valence-electron chi connectivity index (χ2n) is 6.68. The summed E-state index contributed by atoms with van der Waals surface area (Å²) in [4.78, 5) is 15.2. The molecular formula is C21H25NO2S. The second-order valence-corrected chi connectivity index (χ2v) is 7.97. The van der Waals surface area contributed by atoms with E-state index in [1.54, 1.807) is 0 Å². The zero-order chi connectivity index (χ0) is 17.5. The Morgan fingerprint density at radius 1 is 1.12 bits per heavy atom. The van der Waals surface area contributed by atoms with Crippen LogP contribution in [0.3, 0.4) is 0 Å². The lowest BCUT2D eigenvalue weighted by Gasteiger charge is -2.12. The van der Waals surface area contributed by atoms with Crippen molar-refractivity contribution in [3.8, 4) is 11.1 Å². The first kappa shape index (κ1) is 18.0. The molecule has 1 aliphatic carbocycles. The van der Waals surface area contributed by atoms with E-state index in [-0.39, 0.29) is 6.42 Å². The number of thioether (sulfide) groups is 1. The third kappa shape index (κ3) is 5.33. The van der Waals surface area contributed by atoms with Gasteiger partial charge >= 0.3 is 5.97 Å². The number of carboxylic acids is 1. The Labute approximate surface area is 153 Å². The molecule has 0 saturated heterocycles. The molecule has 1 saturated carbocycles. The zero-order valence-corrected chi connectivity index (χ0v) is 15.3. The van der Waals surface area contributed by atoms with Crippen molar-refractivity contribution >= 4 is 17.7 Å². The smallest absolute Gasteiger partial charge is 0.303 e. The SMILES string of the molecule is O=C(O)CCCCc1ccc(-c2cccnc2SC2CCCC2)cc1. The van der Waals surface area contributed by atoms with Crippen LogP contribution in [0.2, 0.25) is 0 Å². The highest BCUT2D eigenvalue weighted by atomic mass is 32.2. The fourth-order valence-corrected chi connectivity index (χ4v) is 4.64. The number of pyridine rings is 1. The molecule has 2 aromatic rings. The van der Waals surface area contributed by atoms with Crippen molar-refractivity contribution in [1.29, 1.82) is 0 Å². The molecule has 1 aromatic carbocycles. The number of hydrogen-bond acceptors (Lipinski definition) is 3. The average molecular weight is 356 g/mol. The van der Waals surface area contributed by atoms with E-state index in [4.69, 9.17) is 5.11 Å². The van der Waals surface area contributed by atoms with Crippen LogP contribution in [0.15, 0.2) is 47.6 Å². The number of aromatic nitrogens is 1.